The summed E-state index contributed by atoms with van der Waals surface area (Å²) >= 11 is 0. The highest BCUT2D eigenvalue weighted by atomic mass is 16.5. The van der Waals surface area contributed by atoms with Crippen molar-refractivity contribution in [2.75, 3.05) is 47.5 Å². The molecule has 0 amide bonds. The van der Waals surface area contributed by atoms with E-state index < -0.39 is 43.5 Å². The van der Waals surface area contributed by atoms with Crippen molar-refractivity contribution in [3.05, 3.63) is 29.8 Å². The molecular formula is C19H34NO10+. The molecule has 0 heterocycles. The van der Waals surface area contributed by atoms with Gasteiger partial charge in [-0.3, -0.25) is 4.79 Å². The number of quaternary nitrogens is 1. The highest BCUT2D eigenvalue weighted by Gasteiger charge is 2.22. The Balaban J connectivity index is 0. The lowest BCUT2D eigenvalue weighted by Crippen LogP contribution is -2.41. The summed E-state index contributed by atoms with van der Waals surface area (Å²) in [5, 5.41) is 59.6. The minimum atomic E-state index is -1.49. The lowest BCUT2D eigenvalue weighted by molar-refractivity contribution is -0.870. The van der Waals surface area contributed by atoms with Crippen LogP contribution in [0.25, 0.3) is 0 Å². The summed E-state index contributed by atoms with van der Waals surface area (Å²) in [6, 6.07) is 5.98. The van der Waals surface area contributed by atoms with Crippen LogP contribution in [0.2, 0.25) is 0 Å². The van der Waals surface area contributed by atoms with Gasteiger partial charge in [0.25, 0.3) is 0 Å². The van der Waals surface area contributed by atoms with Crippen molar-refractivity contribution >= 4 is 11.9 Å². The van der Waals surface area contributed by atoms with Crippen molar-refractivity contribution in [3.63, 3.8) is 0 Å². The van der Waals surface area contributed by atoms with Gasteiger partial charge in [-0.2, -0.15) is 0 Å². The average molecular weight is 436 g/mol. The molecule has 1 rings (SSSR count). The lowest BCUT2D eigenvalue weighted by Gasteiger charge is -2.21. The Labute approximate surface area is 175 Å². The Bertz CT molecular complexity index is 608. The number of aliphatic hydroxyl groups excluding tert-OH is 6. The molecule has 11 nitrogen and oxygen atoms in total. The predicted octanol–water partition coefficient (Wildman–Crippen LogP) is -1.95. The maximum Gasteiger partial charge on any atom is 0.339 e. The van der Waals surface area contributed by atoms with E-state index in [1.807, 2.05) is 0 Å². The van der Waals surface area contributed by atoms with Crippen molar-refractivity contribution < 1.29 is 54.6 Å². The Morgan fingerprint density at radius 3 is 1.73 bits per heavy atom. The Kier molecular flexibility index (Phi) is 15.7. The van der Waals surface area contributed by atoms with Crippen molar-refractivity contribution in [1.29, 1.82) is 0 Å². The Morgan fingerprint density at radius 2 is 1.43 bits per heavy atom. The van der Waals surface area contributed by atoms with Crippen LogP contribution in [-0.4, -0.2) is 118 Å². The normalized spacial score (nSPS) is 13.5. The number of hydrogen-bond donors (Lipinski definition) is 7. The summed E-state index contributed by atoms with van der Waals surface area (Å²) in [7, 11) is 6.16. The van der Waals surface area contributed by atoms with E-state index in [0.29, 0.717) is 0 Å². The molecule has 0 saturated carbocycles. The zero-order valence-electron chi connectivity index (χ0n) is 17.7. The SMILES string of the molecule is CC(=O)Oc1ccccc1C(=O)O.C[N+](C)(C)CCO.OC[C@@H](O)C(O)[C@@H](O)CO. The molecule has 0 saturated heterocycles. The molecule has 0 radical (unpaired) electrons. The largest absolute Gasteiger partial charge is 0.478 e. The first-order valence-electron chi connectivity index (χ1n) is 8.98. The minimum absolute atomic E-state index is 0.0160. The van der Waals surface area contributed by atoms with E-state index in [4.69, 9.17) is 35.7 Å². The summed E-state index contributed by atoms with van der Waals surface area (Å²) in [6.45, 7) is 1.05. The maximum absolute atomic E-state index is 10.6. The molecule has 0 aromatic heterocycles. The molecule has 30 heavy (non-hydrogen) atoms. The van der Waals surface area contributed by atoms with Gasteiger partial charge in [0.15, 0.2) is 0 Å². The minimum Gasteiger partial charge on any atom is -0.478 e. The maximum atomic E-state index is 10.6. The molecule has 11 heteroatoms. The van der Waals surface area contributed by atoms with Crippen LogP contribution in [0.1, 0.15) is 17.3 Å². The Morgan fingerprint density at radius 1 is 0.967 bits per heavy atom. The van der Waals surface area contributed by atoms with Gasteiger partial charge in [-0.25, -0.2) is 4.79 Å². The summed E-state index contributed by atoms with van der Waals surface area (Å²) in [5.41, 5.74) is -0.0160. The molecule has 0 aliphatic rings. The monoisotopic (exact) mass is 436 g/mol. The third kappa shape index (κ3) is 14.8. The highest BCUT2D eigenvalue weighted by Crippen LogP contribution is 2.17. The van der Waals surface area contributed by atoms with Crippen LogP contribution in [0.4, 0.5) is 0 Å². The summed E-state index contributed by atoms with van der Waals surface area (Å²) in [6.07, 6.45) is -4.29. The highest BCUT2D eigenvalue weighted by molar-refractivity contribution is 5.91. The van der Waals surface area contributed by atoms with E-state index in [-0.39, 0.29) is 17.9 Å². The van der Waals surface area contributed by atoms with Crippen LogP contribution < -0.4 is 4.74 Å². The second-order valence-electron chi connectivity index (χ2n) is 7.12. The van der Waals surface area contributed by atoms with Crippen LogP contribution in [-0.2, 0) is 4.79 Å². The fourth-order valence-electron chi connectivity index (χ4n) is 1.66. The van der Waals surface area contributed by atoms with Gasteiger partial charge >= 0.3 is 11.9 Å². The van der Waals surface area contributed by atoms with Gasteiger partial charge in [0.2, 0.25) is 0 Å². The summed E-state index contributed by atoms with van der Waals surface area (Å²) < 4.78 is 5.53. The van der Waals surface area contributed by atoms with E-state index in [0.717, 1.165) is 11.0 Å². The smallest absolute Gasteiger partial charge is 0.339 e. The van der Waals surface area contributed by atoms with Gasteiger partial charge in [-0.15, -0.1) is 0 Å². The molecule has 0 spiro atoms. The zero-order valence-corrected chi connectivity index (χ0v) is 17.7. The topological polar surface area (TPSA) is 185 Å². The van der Waals surface area contributed by atoms with E-state index in [1.54, 1.807) is 12.1 Å². The van der Waals surface area contributed by atoms with Gasteiger partial charge in [0.1, 0.15) is 36.2 Å². The first kappa shape index (κ1) is 30.1. The number of ether oxygens (including phenoxy) is 1. The molecule has 0 aliphatic carbocycles. The number of carbonyl (C=O) groups excluding carboxylic acids is 1. The number of carboxylic acids is 1. The number of esters is 1. The number of aromatic carboxylic acids is 1. The molecule has 1 unspecified atom stereocenters. The molecule has 1 aromatic rings. The number of carboxylic acid groups (broad SMARTS) is 1. The van der Waals surface area contributed by atoms with Crippen molar-refractivity contribution in [2.24, 2.45) is 0 Å². The van der Waals surface area contributed by atoms with Crippen LogP contribution in [0.3, 0.4) is 0 Å². The fourth-order valence-corrected chi connectivity index (χ4v) is 1.66. The van der Waals surface area contributed by atoms with E-state index in [9.17, 15) is 9.59 Å². The second-order valence-corrected chi connectivity index (χ2v) is 7.12. The number of benzene rings is 1. The standard InChI is InChI=1S/C9H8O4.C5H14NO.C5H12O5/c1-6(10)13-8-5-3-2-4-7(8)9(11)12;1-6(2,3)4-5-7;6-1-3(8)5(10)4(9)2-7/h2-5H,1H3,(H,11,12);7H,4-5H2,1-3H3;3-10H,1-2H2/q;+1;/t;;3-,4+,5?. The number of carbonyl (C=O) groups is 2. The number of rotatable bonds is 8. The van der Waals surface area contributed by atoms with Crippen LogP contribution in [0, 0.1) is 0 Å². The Hall–Kier alpha value is -2.12. The van der Waals surface area contributed by atoms with Crippen LogP contribution >= 0.6 is 0 Å². The fraction of sp³-hybridized carbons (Fsp3) is 0.579. The van der Waals surface area contributed by atoms with Crippen LogP contribution in [0.5, 0.6) is 5.75 Å². The van der Waals surface area contributed by atoms with Gasteiger partial charge < -0.3 is 45.0 Å². The van der Waals surface area contributed by atoms with E-state index in [2.05, 4.69) is 25.9 Å². The third-order valence-corrected chi connectivity index (χ3v) is 3.30. The first-order valence-corrected chi connectivity index (χ1v) is 8.98. The number of hydrogen-bond acceptors (Lipinski definition) is 9. The number of aliphatic hydroxyl groups is 6. The van der Waals surface area contributed by atoms with E-state index >= 15 is 0 Å². The molecule has 3 atom stereocenters. The quantitative estimate of drug-likeness (QED) is 0.137. The number of likely N-dealkylation sites (N-methyl/N-ethyl adjacent to an activating group) is 1. The van der Waals surface area contributed by atoms with Crippen LogP contribution in [0.15, 0.2) is 24.3 Å². The molecule has 174 valence electrons. The zero-order chi connectivity index (χ0) is 23.9. The van der Waals surface area contributed by atoms with Crippen molar-refractivity contribution in [1.82, 2.24) is 0 Å². The molecule has 0 aliphatic heterocycles. The molecule has 0 bridgehead atoms. The average Bonchev–Trinajstić information content (AvgIpc) is 2.66. The summed E-state index contributed by atoms with van der Waals surface area (Å²) in [5.74, 6) is -1.58. The third-order valence-electron chi connectivity index (χ3n) is 3.30. The summed E-state index contributed by atoms with van der Waals surface area (Å²) in [4.78, 5) is 21.2. The van der Waals surface area contributed by atoms with Gasteiger partial charge in [-0.05, 0) is 12.1 Å². The van der Waals surface area contributed by atoms with E-state index in [1.165, 1.54) is 19.1 Å². The number of para-hydroxylation sites is 1. The molecular weight excluding hydrogens is 402 g/mol. The molecule has 7 N–H and O–H groups in total. The second kappa shape index (κ2) is 15.7. The van der Waals surface area contributed by atoms with Gasteiger partial charge in [0, 0.05) is 6.92 Å². The molecule has 1 aromatic carbocycles. The first-order chi connectivity index (χ1) is 13.8. The van der Waals surface area contributed by atoms with Gasteiger partial charge in [-0.1, -0.05) is 12.1 Å². The lowest BCUT2D eigenvalue weighted by atomic mass is 10.1. The predicted molar refractivity (Wildman–Crippen MR) is 107 cm³/mol. The van der Waals surface area contributed by atoms with Crippen molar-refractivity contribution in [3.8, 4) is 5.75 Å². The molecule has 0 fully saturated rings. The number of nitrogens with zero attached hydrogens (tertiary/aromatic N) is 1. The van der Waals surface area contributed by atoms with Gasteiger partial charge in [0.05, 0.1) is 41.0 Å². The van der Waals surface area contributed by atoms with Crippen molar-refractivity contribution in [2.45, 2.75) is 25.2 Å².